The quantitative estimate of drug-likeness (QED) is 0.846. The van der Waals surface area contributed by atoms with Crippen LogP contribution >= 0.6 is 11.8 Å². The molecule has 1 N–H and O–H groups in total. The van der Waals surface area contributed by atoms with Crippen LogP contribution in [-0.2, 0) is 4.75 Å². The van der Waals surface area contributed by atoms with E-state index in [-0.39, 0.29) is 22.7 Å². The number of hydrogen-bond acceptors (Lipinski definition) is 5. The van der Waals surface area contributed by atoms with Gasteiger partial charge in [-0.05, 0) is 26.5 Å². The van der Waals surface area contributed by atoms with E-state index in [1.165, 1.54) is 9.80 Å². The van der Waals surface area contributed by atoms with Crippen molar-refractivity contribution in [3.63, 3.8) is 0 Å². The average Bonchev–Trinajstić information content (AvgIpc) is 3.00. The van der Waals surface area contributed by atoms with Crippen molar-refractivity contribution < 1.29 is 14.4 Å². The first-order valence-electron chi connectivity index (χ1n) is 6.70. The molecule has 2 rings (SSSR count). The predicted octanol–water partition coefficient (Wildman–Crippen LogP) is 2.41. The molecule has 0 saturated carbocycles. The summed E-state index contributed by atoms with van der Waals surface area (Å²) in [7, 11) is 1.66. The number of aliphatic hydroxyl groups is 1. The molecule has 0 radical (unpaired) electrons. The molecule has 1 aliphatic heterocycles. The minimum atomic E-state index is -0.973. The molecular formula is C14H21N3O3S. The Morgan fingerprint density at radius 3 is 2.86 bits per heavy atom. The zero-order valence-corrected chi connectivity index (χ0v) is 13.6. The first kappa shape index (κ1) is 15.9. The number of rotatable bonds is 5. The van der Waals surface area contributed by atoms with Gasteiger partial charge in [0, 0.05) is 13.1 Å². The van der Waals surface area contributed by atoms with E-state index in [0.717, 1.165) is 5.69 Å². The fourth-order valence-electron chi connectivity index (χ4n) is 2.24. The Balaban J connectivity index is 2.30. The molecule has 7 heteroatoms. The zero-order valence-electron chi connectivity index (χ0n) is 12.7. The van der Waals surface area contributed by atoms with Gasteiger partial charge in [0.05, 0.1) is 10.8 Å². The molecule has 0 bridgehead atoms. The van der Waals surface area contributed by atoms with E-state index in [4.69, 9.17) is 4.52 Å². The molecule has 2 atom stereocenters. The number of carbonyl (C=O) groups excluding carboxylic acids is 1. The van der Waals surface area contributed by atoms with E-state index in [2.05, 4.69) is 11.7 Å². The molecule has 6 nitrogen and oxygen atoms in total. The fourth-order valence-corrected chi connectivity index (χ4v) is 2.54. The molecule has 2 heterocycles. The number of carbonyl (C=O) groups is 1. The average molecular weight is 311 g/mol. The Labute approximate surface area is 128 Å². The highest BCUT2D eigenvalue weighted by Gasteiger charge is 2.45. The van der Waals surface area contributed by atoms with Crippen molar-refractivity contribution in [2.75, 3.05) is 18.2 Å². The first-order valence-corrected chi connectivity index (χ1v) is 7.93. The second-order valence-electron chi connectivity index (χ2n) is 5.53. The lowest BCUT2D eigenvalue weighted by Crippen LogP contribution is -2.36. The van der Waals surface area contributed by atoms with Gasteiger partial charge in [-0.3, -0.25) is 0 Å². The topological polar surface area (TPSA) is 69.8 Å². The van der Waals surface area contributed by atoms with Crippen molar-refractivity contribution in [1.82, 2.24) is 10.1 Å². The number of urea groups is 1. The highest BCUT2D eigenvalue weighted by Crippen LogP contribution is 2.36. The summed E-state index contributed by atoms with van der Waals surface area (Å²) in [5, 5.41) is 14.4. The summed E-state index contributed by atoms with van der Waals surface area (Å²) < 4.78 is 5.06. The third-order valence-corrected chi connectivity index (χ3v) is 5.11. The normalized spacial score (nSPS) is 23.0. The molecule has 116 valence electrons. The molecule has 0 aliphatic carbocycles. The van der Waals surface area contributed by atoms with Gasteiger partial charge in [-0.2, -0.15) is 11.8 Å². The third kappa shape index (κ3) is 2.67. The van der Waals surface area contributed by atoms with Crippen LogP contribution in [0.5, 0.6) is 0 Å². The highest BCUT2D eigenvalue weighted by atomic mass is 32.2. The van der Waals surface area contributed by atoms with E-state index in [1.807, 2.05) is 20.1 Å². The number of likely N-dealkylation sites (N-methyl/N-ethyl adjacent to an activating group) is 1. The molecule has 1 aliphatic rings. The second-order valence-corrected chi connectivity index (χ2v) is 6.96. The van der Waals surface area contributed by atoms with Crippen molar-refractivity contribution >= 4 is 23.7 Å². The molecule has 2 unspecified atom stereocenters. The maximum absolute atomic E-state index is 12.3. The van der Waals surface area contributed by atoms with Gasteiger partial charge in [-0.1, -0.05) is 11.2 Å². The Morgan fingerprint density at radius 2 is 2.29 bits per heavy atom. The number of amides is 2. The number of thioether (sulfide) groups is 1. The molecule has 1 aromatic heterocycles. The van der Waals surface area contributed by atoms with Gasteiger partial charge >= 0.3 is 6.03 Å². The van der Waals surface area contributed by atoms with E-state index in [0.29, 0.717) is 6.42 Å². The number of anilines is 1. The molecule has 21 heavy (non-hydrogen) atoms. The number of nitrogens with zero attached hydrogens (tertiary/aromatic N) is 3. The van der Waals surface area contributed by atoms with E-state index in [9.17, 15) is 9.90 Å². The van der Waals surface area contributed by atoms with Crippen molar-refractivity contribution in [2.24, 2.45) is 0 Å². The lowest BCUT2D eigenvalue weighted by atomic mass is 10.1. The van der Waals surface area contributed by atoms with E-state index < -0.39 is 6.23 Å². The van der Waals surface area contributed by atoms with Crippen LogP contribution in [0.2, 0.25) is 0 Å². The molecule has 0 spiro atoms. The largest absolute Gasteiger partial charge is 0.371 e. The van der Waals surface area contributed by atoms with Gasteiger partial charge in [-0.25, -0.2) is 9.69 Å². The van der Waals surface area contributed by atoms with Gasteiger partial charge in [0.15, 0.2) is 6.23 Å². The Kier molecular flexibility index (Phi) is 4.34. The van der Waals surface area contributed by atoms with Crippen LogP contribution in [0.3, 0.4) is 0 Å². The summed E-state index contributed by atoms with van der Waals surface area (Å²) in [6, 6.07) is 1.07. The molecule has 0 aromatic carbocycles. The van der Waals surface area contributed by atoms with E-state index >= 15 is 0 Å². The predicted molar refractivity (Wildman–Crippen MR) is 83.3 cm³/mol. The number of hydrogen-bond donors (Lipinski definition) is 1. The Morgan fingerprint density at radius 1 is 1.62 bits per heavy atom. The van der Waals surface area contributed by atoms with Gasteiger partial charge in [0.2, 0.25) is 5.88 Å². The summed E-state index contributed by atoms with van der Waals surface area (Å²) in [6.07, 6.45) is 3.21. The van der Waals surface area contributed by atoms with Crippen molar-refractivity contribution in [2.45, 2.75) is 37.3 Å². The van der Waals surface area contributed by atoms with Crippen molar-refractivity contribution in [3.8, 4) is 0 Å². The molecular weight excluding hydrogens is 290 g/mol. The zero-order chi connectivity index (χ0) is 15.8. The number of aromatic nitrogens is 1. The second kappa shape index (κ2) is 5.73. The third-order valence-electron chi connectivity index (χ3n) is 3.88. The summed E-state index contributed by atoms with van der Waals surface area (Å²) in [5.74, 6) is 0.267. The summed E-state index contributed by atoms with van der Waals surface area (Å²) in [6.45, 7) is 7.70. The summed E-state index contributed by atoms with van der Waals surface area (Å²) in [4.78, 5) is 15.0. The maximum atomic E-state index is 12.3. The van der Waals surface area contributed by atoms with Crippen LogP contribution in [0, 0.1) is 0 Å². The SMILES string of the molecule is C=CCC1C(O)N(c2cc(C(C)(C)SC)no2)C(=O)N1C. The van der Waals surface area contributed by atoms with Gasteiger partial charge in [-0.15, -0.1) is 6.58 Å². The lowest BCUT2D eigenvalue weighted by Gasteiger charge is -2.19. The maximum Gasteiger partial charge on any atom is 0.329 e. The van der Waals surface area contributed by atoms with Gasteiger partial charge in [0.25, 0.3) is 0 Å². The first-order chi connectivity index (χ1) is 9.83. The molecule has 1 fully saturated rings. The van der Waals surface area contributed by atoms with Crippen molar-refractivity contribution in [1.29, 1.82) is 0 Å². The number of aliphatic hydroxyl groups excluding tert-OH is 1. The summed E-state index contributed by atoms with van der Waals surface area (Å²) >= 11 is 1.63. The van der Waals surface area contributed by atoms with Crippen LogP contribution in [0.1, 0.15) is 26.0 Å². The van der Waals surface area contributed by atoms with Gasteiger partial charge < -0.3 is 14.5 Å². The Hall–Kier alpha value is -1.47. The highest BCUT2D eigenvalue weighted by molar-refractivity contribution is 7.99. The van der Waals surface area contributed by atoms with Crippen LogP contribution in [-0.4, -0.2) is 46.8 Å². The van der Waals surface area contributed by atoms with E-state index in [1.54, 1.807) is 31.0 Å². The smallest absolute Gasteiger partial charge is 0.329 e. The monoisotopic (exact) mass is 311 g/mol. The minimum Gasteiger partial charge on any atom is -0.371 e. The molecule has 1 aromatic rings. The van der Waals surface area contributed by atoms with Crippen molar-refractivity contribution in [3.05, 3.63) is 24.4 Å². The van der Waals surface area contributed by atoms with Crippen LogP contribution < -0.4 is 4.90 Å². The fraction of sp³-hybridized carbons (Fsp3) is 0.571. The summed E-state index contributed by atoms with van der Waals surface area (Å²) in [5.41, 5.74) is 0.736. The van der Waals surface area contributed by atoms with Crippen LogP contribution in [0.25, 0.3) is 0 Å². The minimum absolute atomic E-state index is 0.220. The standard InChI is InChI=1S/C14H21N3O3S/c1-6-7-9-12(18)17(13(19)16(9)4)11-8-10(15-20-11)14(2,3)21-5/h6,8-9,12,18H,1,7H2,2-5H3. The molecule has 1 saturated heterocycles. The van der Waals surface area contributed by atoms with Crippen LogP contribution in [0.4, 0.5) is 10.7 Å². The van der Waals surface area contributed by atoms with Crippen LogP contribution in [0.15, 0.2) is 23.2 Å². The lowest BCUT2D eigenvalue weighted by molar-refractivity contribution is 0.127. The molecule has 2 amide bonds. The van der Waals surface area contributed by atoms with Gasteiger partial charge in [0.1, 0.15) is 5.69 Å². The Bertz CT molecular complexity index is 543.